The molecule has 0 fully saturated rings. The highest BCUT2D eigenvalue weighted by molar-refractivity contribution is 7.16. The Morgan fingerprint density at radius 1 is 1.12 bits per heavy atom. The van der Waals surface area contributed by atoms with Gasteiger partial charge in [0.05, 0.1) is 11.3 Å². The molecule has 0 aliphatic heterocycles. The Morgan fingerprint density at radius 2 is 1.82 bits per heavy atom. The number of thiazole rings is 1. The first-order valence-electron chi connectivity index (χ1n) is 11.4. The van der Waals surface area contributed by atoms with Crippen molar-refractivity contribution in [2.75, 3.05) is 25.9 Å². The Kier molecular flexibility index (Phi) is 8.97. The van der Waals surface area contributed by atoms with Gasteiger partial charge in [-0.05, 0) is 75.5 Å². The molecule has 184 valence electrons. The maximum atomic E-state index is 12.9. The van der Waals surface area contributed by atoms with Gasteiger partial charge in [-0.3, -0.25) is 4.79 Å². The highest BCUT2D eigenvalue weighted by Crippen LogP contribution is 2.28. The first kappa shape index (κ1) is 26.0. The van der Waals surface area contributed by atoms with Crippen LogP contribution < -0.4 is 9.61 Å². The van der Waals surface area contributed by atoms with E-state index in [1.54, 1.807) is 17.0 Å². The number of phenolic OH excluding ortho intramolecular Hbond substituents is 1. The predicted octanol–water partition coefficient (Wildman–Crippen LogP) is 4.96. The minimum Gasteiger partial charge on any atom is -0.506 e. The number of nitrogens with zero attached hydrogens (tertiary/aromatic N) is 1. The van der Waals surface area contributed by atoms with Gasteiger partial charge in [0, 0.05) is 13.1 Å². The number of aromatic nitrogens is 1. The summed E-state index contributed by atoms with van der Waals surface area (Å²) >= 11 is 1.06. The minimum absolute atomic E-state index is 0.0436. The fraction of sp³-hybridized carbons (Fsp3) is 0.440. The third-order valence-corrected chi connectivity index (χ3v) is 6.52. The number of ether oxygens (including phenoxy) is 2. The number of carbonyl (C=O) groups excluding carboxylic acids is 1. The second-order valence-electron chi connectivity index (χ2n) is 9.06. The summed E-state index contributed by atoms with van der Waals surface area (Å²) in [4.78, 5) is 28.9. The molecular formula is C25H33N2O5PS. The summed E-state index contributed by atoms with van der Waals surface area (Å²) in [5.41, 5.74) is 1.84. The zero-order valence-corrected chi connectivity index (χ0v) is 21.9. The van der Waals surface area contributed by atoms with Crippen molar-refractivity contribution in [2.45, 2.75) is 45.6 Å². The fourth-order valence-electron chi connectivity index (χ4n) is 3.44. The molecule has 1 unspecified atom stereocenters. The van der Waals surface area contributed by atoms with E-state index in [9.17, 15) is 14.7 Å². The van der Waals surface area contributed by atoms with E-state index in [0.29, 0.717) is 42.8 Å². The van der Waals surface area contributed by atoms with Crippen LogP contribution in [0.4, 0.5) is 4.79 Å². The van der Waals surface area contributed by atoms with E-state index < -0.39 is 5.60 Å². The van der Waals surface area contributed by atoms with Crippen LogP contribution in [0.3, 0.4) is 0 Å². The lowest BCUT2D eigenvalue weighted by Gasteiger charge is -2.27. The van der Waals surface area contributed by atoms with Crippen LogP contribution in [-0.4, -0.2) is 52.5 Å². The topological polar surface area (TPSA) is 91.9 Å². The van der Waals surface area contributed by atoms with Crippen LogP contribution in [-0.2, 0) is 17.6 Å². The van der Waals surface area contributed by atoms with Gasteiger partial charge in [0.25, 0.3) is 0 Å². The smallest absolute Gasteiger partial charge is 0.410 e. The standard InChI is InChI=1S/C25H33N2O5PS/c1-25(2,3)32-24(30)27(13-11-17-5-8-19(9-6-17)31-15-4-16-33)14-12-18-7-10-20(28)21-22(18)34-23(29)26-21/h5-10,28H,4,11-16,33H2,1-3H3,(H,26,29). The molecule has 0 saturated carbocycles. The van der Waals surface area contributed by atoms with Gasteiger partial charge >= 0.3 is 11.0 Å². The number of nitrogens with one attached hydrogen (secondary N) is 1. The zero-order valence-electron chi connectivity index (χ0n) is 19.9. The summed E-state index contributed by atoms with van der Waals surface area (Å²) in [5, 5.41) is 10.0. The average molecular weight is 505 g/mol. The summed E-state index contributed by atoms with van der Waals surface area (Å²) < 4.78 is 12.1. The fourth-order valence-corrected chi connectivity index (χ4v) is 4.50. The van der Waals surface area contributed by atoms with Crippen molar-refractivity contribution in [2.24, 2.45) is 0 Å². The molecule has 1 amide bonds. The number of H-pyrrole nitrogens is 1. The number of aromatic hydroxyl groups is 1. The van der Waals surface area contributed by atoms with E-state index in [-0.39, 0.29) is 16.7 Å². The minimum atomic E-state index is -0.600. The number of hydrogen-bond acceptors (Lipinski definition) is 6. The third kappa shape index (κ3) is 7.47. The Labute approximate surface area is 206 Å². The summed E-state index contributed by atoms with van der Waals surface area (Å²) in [6, 6.07) is 11.3. The third-order valence-electron chi connectivity index (χ3n) is 5.15. The van der Waals surface area contributed by atoms with Crippen molar-refractivity contribution < 1.29 is 19.4 Å². The largest absolute Gasteiger partial charge is 0.506 e. The maximum Gasteiger partial charge on any atom is 0.410 e. The van der Waals surface area contributed by atoms with Crippen molar-refractivity contribution in [1.29, 1.82) is 0 Å². The molecule has 0 radical (unpaired) electrons. The average Bonchev–Trinajstić information content (AvgIpc) is 3.17. The van der Waals surface area contributed by atoms with Crippen molar-refractivity contribution >= 4 is 36.9 Å². The van der Waals surface area contributed by atoms with E-state index in [2.05, 4.69) is 14.2 Å². The number of amides is 1. The van der Waals surface area contributed by atoms with Crippen LogP contribution in [0.5, 0.6) is 11.5 Å². The highest BCUT2D eigenvalue weighted by Gasteiger charge is 2.22. The molecule has 3 rings (SSSR count). The molecule has 7 nitrogen and oxygen atoms in total. The molecule has 0 aliphatic rings. The van der Waals surface area contributed by atoms with Crippen molar-refractivity contribution in [3.63, 3.8) is 0 Å². The van der Waals surface area contributed by atoms with Crippen molar-refractivity contribution in [1.82, 2.24) is 9.88 Å². The maximum absolute atomic E-state index is 12.9. The van der Waals surface area contributed by atoms with Gasteiger partial charge in [-0.15, -0.1) is 9.24 Å². The van der Waals surface area contributed by atoms with Gasteiger partial charge in [0.1, 0.15) is 22.6 Å². The van der Waals surface area contributed by atoms with Gasteiger partial charge in [-0.25, -0.2) is 4.79 Å². The van der Waals surface area contributed by atoms with Crippen molar-refractivity contribution in [3.05, 3.63) is 57.2 Å². The lowest BCUT2D eigenvalue weighted by Crippen LogP contribution is -2.39. The molecule has 1 heterocycles. The summed E-state index contributed by atoms with van der Waals surface area (Å²) in [7, 11) is 2.69. The van der Waals surface area contributed by atoms with Gasteiger partial charge < -0.3 is 24.5 Å². The van der Waals surface area contributed by atoms with E-state index in [1.165, 1.54) is 0 Å². The number of fused-ring (bicyclic) bond motifs is 1. The molecule has 1 aromatic heterocycles. The second kappa shape index (κ2) is 11.7. The Bertz CT molecular complexity index is 1150. The van der Waals surface area contributed by atoms with Crippen LogP contribution in [0.1, 0.15) is 38.3 Å². The molecule has 2 aromatic carbocycles. The highest BCUT2D eigenvalue weighted by atomic mass is 32.1. The molecule has 34 heavy (non-hydrogen) atoms. The van der Waals surface area contributed by atoms with E-state index in [0.717, 1.165) is 40.8 Å². The summed E-state index contributed by atoms with van der Waals surface area (Å²) in [5.74, 6) is 0.884. The number of rotatable bonds is 10. The van der Waals surface area contributed by atoms with Gasteiger partial charge in [-0.1, -0.05) is 29.5 Å². The van der Waals surface area contributed by atoms with Crippen LogP contribution >= 0.6 is 20.6 Å². The first-order valence-corrected chi connectivity index (χ1v) is 13.0. The molecule has 3 aromatic rings. The Morgan fingerprint density at radius 3 is 2.50 bits per heavy atom. The number of benzene rings is 2. The SMILES string of the molecule is CC(C)(C)OC(=O)N(CCc1ccc(OCCCP)cc1)CCc1ccc(O)c2[nH]c(=O)sc12. The summed E-state index contributed by atoms with van der Waals surface area (Å²) in [6.07, 6.45) is 2.84. The Balaban J connectivity index is 1.69. The van der Waals surface area contributed by atoms with Crippen LogP contribution in [0.2, 0.25) is 0 Å². The molecule has 0 bridgehead atoms. The zero-order chi connectivity index (χ0) is 24.7. The van der Waals surface area contributed by atoms with Crippen LogP contribution in [0.15, 0.2) is 41.2 Å². The quantitative estimate of drug-likeness (QED) is 0.301. The van der Waals surface area contributed by atoms with E-state index in [1.807, 2.05) is 45.0 Å². The first-order chi connectivity index (χ1) is 16.2. The van der Waals surface area contributed by atoms with Gasteiger partial charge in [0.15, 0.2) is 0 Å². The number of hydrogen-bond donors (Lipinski definition) is 2. The number of carbonyl (C=O) groups is 1. The molecule has 0 aliphatic carbocycles. The number of aromatic amines is 1. The molecule has 1 atom stereocenters. The summed E-state index contributed by atoms with van der Waals surface area (Å²) in [6.45, 7) is 7.15. The molecule has 0 spiro atoms. The van der Waals surface area contributed by atoms with Crippen molar-refractivity contribution in [3.8, 4) is 11.5 Å². The molecule has 2 N–H and O–H groups in total. The molecule has 0 saturated heterocycles. The lowest BCUT2D eigenvalue weighted by molar-refractivity contribution is 0.0254. The number of phenols is 1. The van der Waals surface area contributed by atoms with Crippen LogP contribution in [0.25, 0.3) is 10.2 Å². The molecule has 9 heteroatoms. The van der Waals surface area contributed by atoms with E-state index >= 15 is 0 Å². The normalized spacial score (nSPS) is 11.5. The lowest BCUT2D eigenvalue weighted by atomic mass is 10.1. The predicted molar refractivity (Wildman–Crippen MR) is 140 cm³/mol. The Hall–Kier alpha value is -2.57. The van der Waals surface area contributed by atoms with Crippen LogP contribution in [0, 0.1) is 0 Å². The van der Waals surface area contributed by atoms with Gasteiger partial charge in [-0.2, -0.15) is 0 Å². The van der Waals surface area contributed by atoms with Gasteiger partial charge in [0.2, 0.25) is 0 Å². The van der Waals surface area contributed by atoms with E-state index in [4.69, 9.17) is 9.47 Å². The molecular weight excluding hydrogens is 471 g/mol. The second-order valence-corrected chi connectivity index (χ2v) is 10.6. The monoisotopic (exact) mass is 504 g/mol.